The lowest BCUT2D eigenvalue weighted by atomic mass is 10.1. The largest absolute Gasteiger partial charge is 0.368 e. The van der Waals surface area contributed by atoms with Gasteiger partial charge in [-0.1, -0.05) is 0 Å². The van der Waals surface area contributed by atoms with Gasteiger partial charge in [0.25, 0.3) is 0 Å². The minimum Gasteiger partial charge on any atom is -0.368 e. The van der Waals surface area contributed by atoms with Gasteiger partial charge in [0, 0.05) is 48.4 Å². The summed E-state index contributed by atoms with van der Waals surface area (Å²) >= 11 is 0. The summed E-state index contributed by atoms with van der Waals surface area (Å²) in [4.78, 5) is 19.5. The van der Waals surface area contributed by atoms with Crippen molar-refractivity contribution in [2.24, 2.45) is 0 Å². The van der Waals surface area contributed by atoms with Gasteiger partial charge in [-0.25, -0.2) is 28.7 Å². The molecule has 3 heterocycles. The number of aromatic nitrogens is 6. The minimum atomic E-state index is -0.931. The number of nitrogens with two attached hydrogens (primary N) is 1. The fourth-order valence-corrected chi connectivity index (χ4v) is 2.83. The second kappa shape index (κ2) is 6.94. The molecule has 7 nitrogen and oxygen atoms in total. The highest BCUT2D eigenvalue weighted by molar-refractivity contribution is 5.78. The molecule has 0 amide bonds. The maximum Gasteiger partial charge on any atom is 0.219 e. The van der Waals surface area contributed by atoms with Gasteiger partial charge in [0.1, 0.15) is 0 Å². The van der Waals surface area contributed by atoms with Crippen molar-refractivity contribution in [2.45, 2.75) is 13.0 Å². The van der Waals surface area contributed by atoms with Crippen LogP contribution in [-0.2, 0) is 13.0 Å². The predicted octanol–water partition coefficient (Wildman–Crippen LogP) is 2.83. The molecule has 0 saturated heterocycles. The summed E-state index contributed by atoms with van der Waals surface area (Å²) in [7, 11) is 0. The highest BCUT2D eigenvalue weighted by Crippen LogP contribution is 2.31. The van der Waals surface area contributed by atoms with Gasteiger partial charge in [-0.05, 0) is 18.2 Å². The number of benzene rings is 1. The Balaban J connectivity index is 1.78. The Bertz CT molecular complexity index is 1060. The molecule has 0 atom stereocenters. The van der Waals surface area contributed by atoms with E-state index in [2.05, 4.69) is 24.9 Å². The molecule has 4 rings (SSSR count). The van der Waals surface area contributed by atoms with E-state index in [0.717, 1.165) is 17.8 Å². The van der Waals surface area contributed by atoms with Gasteiger partial charge in [0.05, 0.1) is 24.0 Å². The lowest BCUT2D eigenvalue weighted by Gasteiger charge is -2.10. The van der Waals surface area contributed by atoms with Crippen molar-refractivity contribution in [1.82, 2.24) is 29.5 Å². The standard InChI is InChI=1S/C18H15F2N7/c19-14-2-1-11(5-15(14)20)16-17(12-6-23-18(21)24-7-12)27(10-26-16)4-3-13-8-22-9-25-13/h1-2,5-10H,3-4H2,(H,22,25)(H2,21,23,24). The Labute approximate surface area is 153 Å². The Hall–Kier alpha value is -3.62. The van der Waals surface area contributed by atoms with Gasteiger partial charge in [-0.15, -0.1) is 0 Å². The molecule has 3 aromatic heterocycles. The van der Waals surface area contributed by atoms with Gasteiger partial charge in [-0.3, -0.25) is 0 Å². The number of imidazole rings is 2. The maximum atomic E-state index is 13.7. The molecule has 27 heavy (non-hydrogen) atoms. The first-order valence-corrected chi connectivity index (χ1v) is 8.17. The van der Waals surface area contributed by atoms with Crippen LogP contribution < -0.4 is 5.73 Å². The van der Waals surface area contributed by atoms with Crippen molar-refractivity contribution in [3.05, 3.63) is 66.8 Å². The first-order chi connectivity index (χ1) is 13.1. The summed E-state index contributed by atoms with van der Waals surface area (Å²) in [6.45, 7) is 0.596. The fourth-order valence-electron chi connectivity index (χ4n) is 2.83. The summed E-state index contributed by atoms with van der Waals surface area (Å²) in [5.41, 5.74) is 8.88. The summed E-state index contributed by atoms with van der Waals surface area (Å²) in [5, 5.41) is 0. The fraction of sp³-hybridized carbons (Fsp3) is 0.111. The number of halogens is 2. The maximum absolute atomic E-state index is 13.7. The highest BCUT2D eigenvalue weighted by Gasteiger charge is 2.17. The third-order valence-electron chi connectivity index (χ3n) is 4.15. The molecule has 0 bridgehead atoms. The normalized spacial score (nSPS) is 11.0. The average Bonchev–Trinajstić information content (AvgIpc) is 3.32. The zero-order chi connectivity index (χ0) is 18.8. The number of aromatic amines is 1. The lowest BCUT2D eigenvalue weighted by molar-refractivity contribution is 0.509. The molecule has 0 aliphatic carbocycles. The molecule has 0 unspecified atom stereocenters. The van der Waals surface area contributed by atoms with Crippen LogP contribution in [0.25, 0.3) is 22.5 Å². The molecular formula is C18H15F2N7. The molecule has 0 radical (unpaired) electrons. The van der Waals surface area contributed by atoms with Crippen molar-refractivity contribution in [3.63, 3.8) is 0 Å². The van der Waals surface area contributed by atoms with Crippen LogP contribution in [0.3, 0.4) is 0 Å². The van der Waals surface area contributed by atoms with E-state index in [1.54, 1.807) is 31.2 Å². The van der Waals surface area contributed by atoms with Crippen LogP contribution in [0.15, 0.2) is 49.4 Å². The van der Waals surface area contributed by atoms with Crippen LogP contribution in [0.4, 0.5) is 14.7 Å². The quantitative estimate of drug-likeness (QED) is 0.565. The number of anilines is 1. The van der Waals surface area contributed by atoms with Crippen LogP contribution >= 0.6 is 0 Å². The number of rotatable bonds is 5. The molecule has 0 saturated carbocycles. The number of hydrogen-bond donors (Lipinski definition) is 2. The van der Waals surface area contributed by atoms with E-state index < -0.39 is 11.6 Å². The van der Waals surface area contributed by atoms with E-state index in [4.69, 9.17) is 5.73 Å². The summed E-state index contributed by atoms with van der Waals surface area (Å²) in [6, 6.07) is 3.69. The van der Waals surface area contributed by atoms with E-state index in [9.17, 15) is 8.78 Å². The predicted molar refractivity (Wildman–Crippen MR) is 95.3 cm³/mol. The van der Waals surface area contributed by atoms with Gasteiger partial charge in [0.2, 0.25) is 5.95 Å². The zero-order valence-corrected chi connectivity index (χ0v) is 14.1. The summed E-state index contributed by atoms with van der Waals surface area (Å²) in [6.07, 6.45) is 8.86. The van der Waals surface area contributed by atoms with Crippen molar-refractivity contribution in [2.75, 3.05) is 5.73 Å². The number of nitrogens with one attached hydrogen (secondary N) is 1. The van der Waals surface area contributed by atoms with Crippen molar-refractivity contribution in [3.8, 4) is 22.5 Å². The number of hydrogen-bond acceptors (Lipinski definition) is 5. The second-order valence-electron chi connectivity index (χ2n) is 5.92. The number of H-pyrrole nitrogens is 1. The number of nitrogen functional groups attached to an aromatic ring is 1. The third-order valence-corrected chi connectivity index (χ3v) is 4.15. The second-order valence-corrected chi connectivity index (χ2v) is 5.92. The molecule has 0 aliphatic rings. The van der Waals surface area contributed by atoms with Crippen LogP contribution in [0.1, 0.15) is 5.69 Å². The van der Waals surface area contributed by atoms with E-state index in [-0.39, 0.29) is 5.95 Å². The van der Waals surface area contributed by atoms with E-state index >= 15 is 0 Å². The topological polar surface area (TPSA) is 98.3 Å². The van der Waals surface area contributed by atoms with Crippen LogP contribution in [-0.4, -0.2) is 29.5 Å². The molecule has 136 valence electrons. The first-order valence-electron chi connectivity index (χ1n) is 8.17. The van der Waals surface area contributed by atoms with Crippen LogP contribution in [0.2, 0.25) is 0 Å². The Morgan fingerprint density at radius 3 is 2.52 bits per heavy atom. The highest BCUT2D eigenvalue weighted by atomic mass is 19.2. The Morgan fingerprint density at radius 1 is 1.00 bits per heavy atom. The lowest BCUT2D eigenvalue weighted by Crippen LogP contribution is -2.04. The average molecular weight is 367 g/mol. The number of aryl methyl sites for hydroxylation is 2. The first kappa shape index (κ1) is 16.8. The SMILES string of the molecule is Nc1ncc(-c2c(-c3ccc(F)c(F)c3)ncn2CCc2cnc[nH]2)cn1. The van der Waals surface area contributed by atoms with Gasteiger partial charge < -0.3 is 15.3 Å². The Morgan fingerprint density at radius 2 is 1.81 bits per heavy atom. The smallest absolute Gasteiger partial charge is 0.219 e. The van der Waals surface area contributed by atoms with E-state index in [1.807, 2.05) is 4.57 Å². The molecule has 3 N–H and O–H groups in total. The van der Waals surface area contributed by atoms with Crippen molar-refractivity contribution < 1.29 is 8.78 Å². The minimum absolute atomic E-state index is 0.150. The third kappa shape index (κ3) is 3.39. The summed E-state index contributed by atoms with van der Waals surface area (Å²) in [5.74, 6) is -1.69. The molecule has 4 aromatic rings. The van der Waals surface area contributed by atoms with Crippen LogP contribution in [0.5, 0.6) is 0 Å². The van der Waals surface area contributed by atoms with Crippen molar-refractivity contribution in [1.29, 1.82) is 0 Å². The van der Waals surface area contributed by atoms with E-state index in [1.165, 1.54) is 6.07 Å². The van der Waals surface area contributed by atoms with Gasteiger partial charge in [0.15, 0.2) is 11.6 Å². The molecule has 0 aliphatic heterocycles. The summed E-state index contributed by atoms with van der Waals surface area (Å²) < 4.78 is 29.0. The van der Waals surface area contributed by atoms with Crippen LogP contribution in [0, 0.1) is 11.6 Å². The Kier molecular flexibility index (Phi) is 4.33. The molecule has 0 fully saturated rings. The zero-order valence-electron chi connectivity index (χ0n) is 14.1. The monoisotopic (exact) mass is 367 g/mol. The van der Waals surface area contributed by atoms with Gasteiger partial charge in [-0.2, -0.15) is 0 Å². The molecule has 9 heteroatoms. The molecule has 0 spiro atoms. The molecular weight excluding hydrogens is 352 g/mol. The molecule has 1 aromatic carbocycles. The van der Waals surface area contributed by atoms with E-state index in [0.29, 0.717) is 35.5 Å². The van der Waals surface area contributed by atoms with Crippen molar-refractivity contribution >= 4 is 5.95 Å². The number of nitrogens with zero attached hydrogens (tertiary/aromatic N) is 5. The van der Waals surface area contributed by atoms with Gasteiger partial charge >= 0.3 is 0 Å².